The summed E-state index contributed by atoms with van der Waals surface area (Å²) in [5, 5.41) is 13.4. The molecule has 1 saturated carbocycles. The second-order valence-electron chi connectivity index (χ2n) is 6.22. The Hall–Kier alpha value is -1.35. The Bertz CT molecular complexity index is 615. The Morgan fingerprint density at radius 1 is 1.39 bits per heavy atom. The highest BCUT2D eigenvalue weighted by atomic mass is 35.5. The normalized spacial score (nSPS) is 30.6. The van der Waals surface area contributed by atoms with Crippen molar-refractivity contribution in [1.29, 1.82) is 0 Å². The summed E-state index contributed by atoms with van der Waals surface area (Å²) < 4.78 is 19.4. The van der Waals surface area contributed by atoms with E-state index in [9.17, 15) is 9.50 Å². The van der Waals surface area contributed by atoms with Crippen molar-refractivity contribution < 1.29 is 14.2 Å². The topological polar surface area (TPSA) is 54.4 Å². The largest absolute Gasteiger partial charge is 0.393 e. The molecule has 23 heavy (non-hydrogen) atoms. The average molecular weight is 339 g/mol. The summed E-state index contributed by atoms with van der Waals surface area (Å²) >= 11 is 5.98. The highest BCUT2D eigenvalue weighted by Crippen LogP contribution is 2.26. The number of ether oxygens (including phenoxy) is 1. The Morgan fingerprint density at radius 2 is 2.17 bits per heavy atom. The van der Waals surface area contributed by atoms with Crippen molar-refractivity contribution in [2.24, 2.45) is 0 Å². The van der Waals surface area contributed by atoms with Crippen LogP contribution >= 0.6 is 11.6 Å². The van der Waals surface area contributed by atoms with Gasteiger partial charge >= 0.3 is 0 Å². The van der Waals surface area contributed by atoms with Crippen molar-refractivity contribution in [2.75, 3.05) is 18.5 Å². The Labute approximate surface area is 140 Å². The van der Waals surface area contributed by atoms with Gasteiger partial charge in [0.05, 0.1) is 30.6 Å². The smallest absolute Gasteiger partial charge is 0.196 e. The molecule has 1 saturated heterocycles. The summed E-state index contributed by atoms with van der Waals surface area (Å²) in [4.78, 5) is 4.04. The molecule has 0 radical (unpaired) electrons. The molecule has 1 aromatic rings. The van der Waals surface area contributed by atoms with Crippen molar-refractivity contribution in [1.82, 2.24) is 4.98 Å². The predicted octanol–water partition coefficient (Wildman–Crippen LogP) is 2.93. The van der Waals surface area contributed by atoms with Gasteiger partial charge in [-0.2, -0.15) is 0 Å². The van der Waals surface area contributed by atoms with E-state index < -0.39 is 5.67 Å². The van der Waals surface area contributed by atoms with Gasteiger partial charge in [-0.25, -0.2) is 9.37 Å². The number of aromatic nitrogens is 1. The minimum Gasteiger partial charge on any atom is -0.393 e. The van der Waals surface area contributed by atoms with Crippen molar-refractivity contribution in [3.8, 4) is 11.8 Å². The highest BCUT2D eigenvalue weighted by molar-refractivity contribution is 6.29. The van der Waals surface area contributed by atoms with Crippen LogP contribution in [0.2, 0.25) is 5.15 Å². The van der Waals surface area contributed by atoms with E-state index in [-0.39, 0.29) is 18.8 Å². The van der Waals surface area contributed by atoms with Crippen LogP contribution in [0.1, 0.15) is 37.7 Å². The van der Waals surface area contributed by atoms with Gasteiger partial charge < -0.3 is 15.2 Å². The molecular formula is C17H20ClFN2O2. The van der Waals surface area contributed by atoms with Gasteiger partial charge in [-0.05, 0) is 31.7 Å². The number of alkyl halides is 1. The monoisotopic (exact) mass is 338 g/mol. The zero-order valence-electron chi connectivity index (χ0n) is 12.8. The van der Waals surface area contributed by atoms with E-state index in [0.717, 1.165) is 31.4 Å². The van der Waals surface area contributed by atoms with Crippen LogP contribution < -0.4 is 5.32 Å². The Balaban J connectivity index is 1.77. The molecule has 3 rings (SSSR count). The van der Waals surface area contributed by atoms with Gasteiger partial charge in [0.25, 0.3) is 0 Å². The molecule has 1 atom stereocenters. The number of nitrogens with one attached hydrogen (secondary N) is 1. The van der Waals surface area contributed by atoms with Gasteiger partial charge in [0.15, 0.2) is 5.67 Å². The molecule has 0 aromatic carbocycles. The van der Waals surface area contributed by atoms with Crippen LogP contribution in [-0.4, -0.2) is 41.1 Å². The van der Waals surface area contributed by atoms with Crippen molar-refractivity contribution in [3.05, 3.63) is 23.0 Å². The van der Waals surface area contributed by atoms with Gasteiger partial charge in [0, 0.05) is 18.7 Å². The molecule has 2 N–H and O–H groups in total. The zero-order chi connectivity index (χ0) is 16.3. The van der Waals surface area contributed by atoms with Gasteiger partial charge in [-0.1, -0.05) is 23.4 Å². The molecule has 0 bridgehead atoms. The van der Waals surface area contributed by atoms with Crippen molar-refractivity contribution in [3.63, 3.8) is 0 Å². The maximum Gasteiger partial charge on any atom is 0.196 e. The van der Waals surface area contributed by atoms with Gasteiger partial charge in [-0.3, -0.25) is 0 Å². The lowest BCUT2D eigenvalue weighted by atomic mass is 9.93. The van der Waals surface area contributed by atoms with E-state index in [1.807, 2.05) is 0 Å². The number of hydrogen-bond donors (Lipinski definition) is 2. The molecular weight excluding hydrogens is 319 g/mol. The number of halogens is 2. The van der Waals surface area contributed by atoms with Crippen LogP contribution in [0.5, 0.6) is 0 Å². The molecule has 2 aliphatic rings. The summed E-state index contributed by atoms with van der Waals surface area (Å²) in [6.45, 7) is 0.420. The van der Waals surface area contributed by atoms with E-state index in [2.05, 4.69) is 22.1 Å². The first-order chi connectivity index (χ1) is 11.0. The van der Waals surface area contributed by atoms with E-state index in [4.69, 9.17) is 16.3 Å². The third-order valence-corrected chi connectivity index (χ3v) is 4.53. The standard InChI is InChI=1S/C17H20ClFN2O2/c18-16-9-15(21-13-1-3-14(22)4-2-13)12(10-20-16)5-6-17(19)7-8-23-11-17/h9-10,13-14,22H,1-4,7-8,11H2,(H,20,21). The maximum atomic E-state index is 14.3. The molecule has 1 aliphatic heterocycles. The number of hydrogen-bond acceptors (Lipinski definition) is 4. The maximum absolute atomic E-state index is 14.3. The molecule has 2 heterocycles. The number of aliphatic hydroxyl groups is 1. The second kappa shape index (κ2) is 7.04. The van der Waals surface area contributed by atoms with Crippen LogP contribution in [0.15, 0.2) is 12.3 Å². The fourth-order valence-electron chi connectivity index (χ4n) is 2.91. The quantitative estimate of drug-likeness (QED) is 0.643. The number of rotatable bonds is 2. The van der Waals surface area contributed by atoms with E-state index in [1.165, 1.54) is 0 Å². The molecule has 2 fully saturated rings. The third-order valence-electron chi connectivity index (χ3n) is 4.32. The minimum absolute atomic E-state index is 0.0181. The van der Waals surface area contributed by atoms with Crippen LogP contribution in [-0.2, 0) is 4.74 Å². The van der Waals surface area contributed by atoms with Crippen LogP contribution in [0.4, 0.5) is 10.1 Å². The number of pyridine rings is 1. The van der Waals surface area contributed by atoms with Crippen molar-refractivity contribution >= 4 is 17.3 Å². The fourth-order valence-corrected chi connectivity index (χ4v) is 3.06. The predicted molar refractivity (Wildman–Crippen MR) is 87.3 cm³/mol. The zero-order valence-corrected chi connectivity index (χ0v) is 13.6. The lowest BCUT2D eigenvalue weighted by Crippen LogP contribution is -2.28. The first-order valence-electron chi connectivity index (χ1n) is 7.94. The Morgan fingerprint density at radius 3 is 2.87 bits per heavy atom. The molecule has 124 valence electrons. The molecule has 6 heteroatoms. The number of anilines is 1. The molecule has 1 aliphatic carbocycles. The average Bonchev–Trinajstić information content (AvgIpc) is 2.96. The molecule has 1 aromatic heterocycles. The Kier molecular flexibility index (Phi) is 5.05. The van der Waals surface area contributed by atoms with Crippen LogP contribution in [0.3, 0.4) is 0 Å². The van der Waals surface area contributed by atoms with Crippen LogP contribution in [0, 0.1) is 11.8 Å². The molecule has 0 spiro atoms. The lowest BCUT2D eigenvalue weighted by Gasteiger charge is -2.27. The fraction of sp³-hybridized carbons (Fsp3) is 0.588. The van der Waals surface area contributed by atoms with E-state index in [0.29, 0.717) is 23.7 Å². The highest BCUT2D eigenvalue weighted by Gasteiger charge is 2.32. The van der Waals surface area contributed by atoms with Gasteiger partial charge in [-0.15, -0.1) is 0 Å². The third kappa shape index (κ3) is 4.35. The van der Waals surface area contributed by atoms with Gasteiger partial charge in [0.2, 0.25) is 0 Å². The minimum atomic E-state index is -1.58. The molecule has 4 nitrogen and oxygen atoms in total. The summed E-state index contributed by atoms with van der Waals surface area (Å²) in [6.07, 6.45) is 4.98. The SMILES string of the molecule is OC1CCC(Nc2cc(Cl)ncc2C#CC2(F)CCOC2)CC1. The van der Waals surface area contributed by atoms with Crippen molar-refractivity contribution in [2.45, 2.75) is 49.9 Å². The molecule has 1 unspecified atom stereocenters. The number of nitrogens with zero attached hydrogens (tertiary/aromatic N) is 1. The summed E-state index contributed by atoms with van der Waals surface area (Å²) in [5.74, 6) is 5.56. The van der Waals surface area contributed by atoms with Gasteiger partial charge in [0.1, 0.15) is 5.15 Å². The van der Waals surface area contributed by atoms with E-state index >= 15 is 0 Å². The number of aliphatic hydroxyl groups excluding tert-OH is 1. The lowest BCUT2D eigenvalue weighted by molar-refractivity contribution is 0.126. The second-order valence-corrected chi connectivity index (χ2v) is 6.61. The molecule has 0 amide bonds. The first kappa shape index (κ1) is 16.5. The summed E-state index contributed by atoms with van der Waals surface area (Å²) in [5.41, 5.74) is -0.183. The summed E-state index contributed by atoms with van der Waals surface area (Å²) in [6, 6.07) is 1.97. The van der Waals surface area contributed by atoms with E-state index in [1.54, 1.807) is 12.3 Å². The summed E-state index contributed by atoms with van der Waals surface area (Å²) in [7, 11) is 0. The van der Waals surface area contributed by atoms with Crippen LogP contribution in [0.25, 0.3) is 0 Å². The first-order valence-corrected chi connectivity index (χ1v) is 8.32.